The molecule has 1 aromatic heterocycles. The predicted molar refractivity (Wildman–Crippen MR) is 61.4 cm³/mol. The van der Waals surface area contributed by atoms with E-state index in [-0.39, 0.29) is 11.4 Å². The van der Waals surface area contributed by atoms with Crippen molar-refractivity contribution in [3.63, 3.8) is 0 Å². The van der Waals surface area contributed by atoms with Crippen LogP contribution in [0.1, 0.15) is 26.0 Å². The van der Waals surface area contributed by atoms with E-state index in [1.807, 2.05) is 6.92 Å². The maximum atomic E-state index is 12.0. The Hall–Kier alpha value is -0.920. The van der Waals surface area contributed by atoms with Crippen LogP contribution in [0.3, 0.4) is 0 Å². The quantitative estimate of drug-likeness (QED) is 0.687. The van der Waals surface area contributed by atoms with Crippen molar-refractivity contribution in [1.29, 1.82) is 0 Å². The summed E-state index contributed by atoms with van der Waals surface area (Å²) in [4.78, 5) is 0.167. The molecule has 1 aromatic rings. The van der Waals surface area contributed by atoms with Crippen molar-refractivity contribution >= 4 is 10.0 Å². The molecule has 6 nitrogen and oxygen atoms in total. The number of nitrogens with two attached hydrogens (primary N) is 1. The third-order valence-corrected chi connectivity index (χ3v) is 4.44. The molecule has 0 amide bonds. The molecule has 1 atom stereocenters. The number of nitrogens with zero attached hydrogens (tertiary/aromatic N) is 1. The first kappa shape index (κ1) is 13.1. The monoisotopic (exact) mass is 246 g/mol. The second-order valence-electron chi connectivity index (χ2n) is 4.08. The molecule has 1 heterocycles. The van der Waals surface area contributed by atoms with Crippen LogP contribution in [0.5, 0.6) is 0 Å². The third kappa shape index (κ3) is 2.60. The van der Waals surface area contributed by atoms with Crippen molar-refractivity contribution in [2.45, 2.75) is 37.6 Å². The largest absolute Gasteiger partial charge is 0.329 e. The van der Waals surface area contributed by atoms with Gasteiger partial charge in [-0.2, -0.15) is 5.10 Å². The molecule has 0 aliphatic rings. The van der Waals surface area contributed by atoms with E-state index in [0.717, 1.165) is 0 Å². The highest BCUT2D eigenvalue weighted by molar-refractivity contribution is 7.89. The summed E-state index contributed by atoms with van der Waals surface area (Å²) in [7, 11) is -3.55. The Bertz CT molecular complexity index is 448. The van der Waals surface area contributed by atoms with Crippen molar-refractivity contribution in [3.05, 3.63) is 11.9 Å². The molecule has 0 spiro atoms. The Balaban J connectivity index is 3.02. The molecule has 7 heteroatoms. The molecule has 1 rings (SSSR count). The highest BCUT2D eigenvalue weighted by Gasteiger charge is 2.29. The molecule has 0 saturated heterocycles. The molecular weight excluding hydrogens is 228 g/mol. The maximum Gasteiger partial charge on any atom is 0.244 e. The van der Waals surface area contributed by atoms with Gasteiger partial charge in [0.05, 0.1) is 11.9 Å². The van der Waals surface area contributed by atoms with Crippen molar-refractivity contribution in [1.82, 2.24) is 14.9 Å². The highest BCUT2D eigenvalue weighted by Crippen LogP contribution is 2.16. The molecule has 1 unspecified atom stereocenters. The van der Waals surface area contributed by atoms with Crippen LogP contribution in [0.4, 0.5) is 0 Å². The second kappa shape index (κ2) is 4.52. The first-order valence-electron chi connectivity index (χ1n) is 5.08. The van der Waals surface area contributed by atoms with Gasteiger partial charge in [-0.3, -0.25) is 5.10 Å². The van der Waals surface area contributed by atoms with E-state index in [9.17, 15) is 8.42 Å². The van der Waals surface area contributed by atoms with Gasteiger partial charge in [0.15, 0.2) is 0 Å². The Labute approximate surface area is 95.7 Å². The van der Waals surface area contributed by atoms with Gasteiger partial charge in [0.25, 0.3) is 0 Å². The Kier molecular flexibility index (Phi) is 3.72. The number of aromatic nitrogens is 2. The average Bonchev–Trinajstić information content (AvgIpc) is 2.64. The first-order valence-corrected chi connectivity index (χ1v) is 6.57. The third-order valence-electron chi connectivity index (χ3n) is 2.68. The SMILES string of the molecule is CCC(C)(CN)NS(=O)(=O)c1cn[nH]c1C. The van der Waals surface area contributed by atoms with E-state index < -0.39 is 15.6 Å². The zero-order chi connectivity index (χ0) is 12.4. The van der Waals surface area contributed by atoms with Gasteiger partial charge in [0.1, 0.15) is 4.90 Å². The zero-order valence-corrected chi connectivity index (χ0v) is 10.6. The minimum Gasteiger partial charge on any atom is -0.329 e. The van der Waals surface area contributed by atoms with Crippen LogP contribution in [0.25, 0.3) is 0 Å². The molecular formula is C9H18N4O2S. The number of aryl methyl sites for hydroxylation is 1. The minimum absolute atomic E-state index is 0.167. The summed E-state index contributed by atoms with van der Waals surface area (Å²) < 4.78 is 26.6. The predicted octanol–water partition coefficient (Wildman–Crippen LogP) is 0.124. The molecule has 0 aliphatic heterocycles. The number of rotatable bonds is 5. The van der Waals surface area contributed by atoms with Gasteiger partial charge in [-0.25, -0.2) is 13.1 Å². The topological polar surface area (TPSA) is 101 Å². The normalized spacial score (nSPS) is 16.0. The lowest BCUT2D eigenvalue weighted by Crippen LogP contribution is -2.50. The lowest BCUT2D eigenvalue weighted by Gasteiger charge is -2.27. The van der Waals surface area contributed by atoms with Gasteiger partial charge >= 0.3 is 0 Å². The van der Waals surface area contributed by atoms with E-state index in [2.05, 4.69) is 14.9 Å². The number of aromatic amines is 1. The van der Waals surface area contributed by atoms with Gasteiger partial charge in [0.2, 0.25) is 10.0 Å². The number of sulfonamides is 1. The molecule has 92 valence electrons. The van der Waals surface area contributed by atoms with Crippen molar-refractivity contribution in [2.75, 3.05) is 6.54 Å². The Morgan fingerprint density at radius 2 is 2.25 bits per heavy atom. The van der Waals surface area contributed by atoms with E-state index >= 15 is 0 Å². The van der Waals surface area contributed by atoms with Crippen LogP contribution in [0, 0.1) is 6.92 Å². The maximum absolute atomic E-state index is 12.0. The van der Waals surface area contributed by atoms with Gasteiger partial charge in [0, 0.05) is 12.1 Å². The fourth-order valence-corrected chi connectivity index (χ4v) is 2.87. The number of nitrogens with one attached hydrogen (secondary N) is 2. The van der Waals surface area contributed by atoms with Gasteiger partial charge in [-0.1, -0.05) is 6.92 Å². The van der Waals surface area contributed by atoms with Crippen LogP contribution in [0.15, 0.2) is 11.1 Å². The van der Waals surface area contributed by atoms with Crippen LogP contribution in [-0.2, 0) is 10.0 Å². The Morgan fingerprint density at radius 3 is 2.62 bits per heavy atom. The van der Waals surface area contributed by atoms with Crippen molar-refractivity contribution < 1.29 is 8.42 Å². The molecule has 0 saturated carbocycles. The van der Waals surface area contributed by atoms with E-state index in [4.69, 9.17) is 5.73 Å². The van der Waals surface area contributed by atoms with Crippen LogP contribution in [-0.4, -0.2) is 30.7 Å². The number of hydrogen-bond donors (Lipinski definition) is 3. The van der Waals surface area contributed by atoms with Crippen LogP contribution < -0.4 is 10.5 Å². The molecule has 4 N–H and O–H groups in total. The smallest absolute Gasteiger partial charge is 0.244 e. The zero-order valence-electron chi connectivity index (χ0n) is 9.74. The summed E-state index contributed by atoms with van der Waals surface area (Å²) >= 11 is 0. The lowest BCUT2D eigenvalue weighted by atomic mass is 10.0. The fraction of sp³-hybridized carbons (Fsp3) is 0.667. The van der Waals surface area contributed by atoms with Crippen molar-refractivity contribution in [3.8, 4) is 0 Å². The molecule has 0 aliphatic carbocycles. The van der Waals surface area contributed by atoms with Crippen molar-refractivity contribution in [2.24, 2.45) is 5.73 Å². The van der Waals surface area contributed by atoms with E-state index in [1.54, 1.807) is 13.8 Å². The van der Waals surface area contributed by atoms with Crippen LogP contribution >= 0.6 is 0 Å². The summed E-state index contributed by atoms with van der Waals surface area (Å²) in [6, 6.07) is 0. The second-order valence-corrected chi connectivity index (χ2v) is 5.73. The fourth-order valence-electron chi connectivity index (χ4n) is 1.25. The summed E-state index contributed by atoms with van der Waals surface area (Å²) in [5.41, 5.74) is 5.46. The number of H-pyrrole nitrogens is 1. The highest BCUT2D eigenvalue weighted by atomic mass is 32.2. The minimum atomic E-state index is -3.55. The lowest BCUT2D eigenvalue weighted by molar-refractivity contribution is 0.411. The first-order chi connectivity index (χ1) is 7.34. The summed E-state index contributed by atoms with van der Waals surface area (Å²) in [6.07, 6.45) is 1.92. The standard InChI is InChI=1S/C9H18N4O2S/c1-4-9(3,6-10)13-16(14,15)8-5-11-12-7(8)2/h5,13H,4,6,10H2,1-3H3,(H,11,12). The van der Waals surface area contributed by atoms with Gasteiger partial charge < -0.3 is 5.73 Å². The summed E-state index contributed by atoms with van der Waals surface area (Å²) in [5.74, 6) is 0. The molecule has 0 fully saturated rings. The summed E-state index contributed by atoms with van der Waals surface area (Å²) in [6.45, 7) is 5.57. The molecule has 0 bridgehead atoms. The average molecular weight is 246 g/mol. The van der Waals surface area contributed by atoms with E-state index in [0.29, 0.717) is 12.1 Å². The summed E-state index contributed by atoms with van der Waals surface area (Å²) in [5, 5.41) is 6.29. The van der Waals surface area contributed by atoms with Gasteiger partial charge in [-0.05, 0) is 20.3 Å². The number of hydrogen-bond acceptors (Lipinski definition) is 4. The molecule has 0 radical (unpaired) electrons. The Morgan fingerprint density at radius 1 is 1.62 bits per heavy atom. The molecule has 0 aromatic carbocycles. The van der Waals surface area contributed by atoms with Crippen LogP contribution in [0.2, 0.25) is 0 Å². The van der Waals surface area contributed by atoms with Gasteiger partial charge in [-0.15, -0.1) is 0 Å². The molecule has 16 heavy (non-hydrogen) atoms. The van der Waals surface area contributed by atoms with E-state index in [1.165, 1.54) is 6.20 Å².